The van der Waals surface area contributed by atoms with Gasteiger partial charge in [0.25, 0.3) is 0 Å². The fraction of sp³-hybridized carbons (Fsp3) is 0.667. The molecule has 5 nitrogen and oxygen atoms in total. The second kappa shape index (κ2) is 6.15. The van der Waals surface area contributed by atoms with E-state index in [0.29, 0.717) is 6.54 Å². The van der Waals surface area contributed by atoms with E-state index in [-0.39, 0.29) is 5.91 Å². The number of rotatable bonds is 5. The van der Waals surface area contributed by atoms with Gasteiger partial charge in [-0.05, 0) is 29.8 Å². The van der Waals surface area contributed by atoms with Gasteiger partial charge in [-0.15, -0.1) is 10.2 Å². The Morgan fingerprint density at radius 2 is 2.00 bits per heavy atom. The maximum Gasteiger partial charge on any atom is 0.242 e. The number of hydrogen-bond acceptors (Lipinski definition) is 5. The average Bonchev–Trinajstić information content (AvgIpc) is 2.66. The van der Waals surface area contributed by atoms with Gasteiger partial charge in [-0.2, -0.15) is 0 Å². The Morgan fingerprint density at radius 1 is 1.38 bits per heavy atom. The number of amides is 1. The highest BCUT2D eigenvalue weighted by Crippen LogP contribution is 2.22. The van der Waals surface area contributed by atoms with Gasteiger partial charge in [0.2, 0.25) is 11.0 Å². The fourth-order valence-corrected chi connectivity index (χ4v) is 2.35. The zero-order valence-electron chi connectivity index (χ0n) is 9.60. The molecule has 0 unspecified atom stereocenters. The number of carbonyl (C=O) groups excluding carboxylic acids is 1. The summed E-state index contributed by atoms with van der Waals surface area (Å²) in [5.41, 5.74) is 0. The van der Waals surface area contributed by atoms with Crippen molar-refractivity contribution in [3.63, 3.8) is 0 Å². The van der Waals surface area contributed by atoms with Gasteiger partial charge in [-0.3, -0.25) is 4.79 Å². The second-order valence-electron chi connectivity index (χ2n) is 3.26. The molecule has 1 aromatic rings. The van der Waals surface area contributed by atoms with Crippen molar-refractivity contribution >= 4 is 38.3 Å². The lowest BCUT2D eigenvalue weighted by atomic mass is 10.4. The van der Waals surface area contributed by atoms with E-state index in [1.54, 1.807) is 4.90 Å². The summed E-state index contributed by atoms with van der Waals surface area (Å²) in [6, 6.07) is 0. The SMILES string of the molecule is CCN(CC)C(=O)CN(C)c1nnc(Br)s1. The molecule has 0 radical (unpaired) electrons. The van der Waals surface area contributed by atoms with E-state index in [0.717, 1.165) is 22.1 Å². The molecule has 1 aromatic heterocycles. The molecule has 7 heteroatoms. The average molecular weight is 307 g/mol. The van der Waals surface area contributed by atoms with Crippen LogP contribution in [0.25, 0.3) is 0 Å². The van der Waals surface area contributed by atoms with Gasteiger partial charge in [0.15, 0.2) is 3.92 Å². The topological polar surface area (TPSA) is 49.3 Å². The number of aromatic nitrogens is 2. The molecule has 0 spiro atoms. The molecule has 0 aliphatic rings. The Hall–Kier alpha value is -0.690. The van der Waals surface area contributed by atoms with Crippen molar-refractivity contribution in [1.82, 2.24) is 15.1 Å². The van der Waals surface area contributed by atoms with Crippen LogP contribution in [-0.4, -0.2) is 47.7 Å². The van der Waals surface area contributed by atoms with E-state index in [2.05, 4.69) is 26.1 Å². The fourth-order valence-electron chi connectivity index (χ4n) is 1.30. The lowest BCUT2D eigenvalue weighted by Gasteiger charge is -2.22. The molecule has 0 aliphatic heterocycles. The third kappa shape index (κ3) is 3.41. The molecule has 1 amide bonds. The first-order chi connectivity index (χ1) is 7.58. The standard InChI is InChI=1S/C9H15BrN4OS/c1-4-14(5-2)7(15)6-13(3)9-12-11-8(10)16-9/h4-6H2,1-3H3. The van der Waals surface area contributed by atoms with E-state index in [1.165, 1.54) is 11.3 Å². The monoisotopic (exact) mass is 306 g/mol. The highest BCUT2D eigenvalue weighted by Gasteiger charge is 2.15. The molecular formula is C9H15BrN4OS. The number of hydrogen-bond donors (Lipinski definition) is 0. The molecule has 16 heavy (non-hydrogen) atoms. The van der Waals surface area contributed by atoms with Crippen molar-refractivity contribution in [2.75, 3.05) is 31.6 Å². The Morgan fingerprint density at radius 3 is 2.44 bits per heavy atom. The lowest BCUT2D eigenvalue weighted by molar-refractivity contribution is -0.129. The van der Waals surface area contributed by atoms with Gasteiger partial charge in [0, 0.05) is 20.1 Å². The van der Waals surface area contributed by atoms with Crippen LogP contribution >= 0.6 is 27.3 Å². The molecule has 0 saturated carbocycles. The molecule has 0 N–H and O–H groups in total. The quantitative estimate of drug-likeness (QED) is 0.829. The van der Waals surface area contributed by atoms with Gasteiger partial charge in [0.1, 0.15) is 0 Å². The summed E-state index contributed by atoms with van der Waals surface area (Å²) in [7, 11) is 1.84. The smallest absolute Gasteiger partial charge is 0.242 e. The van der Waals surface area contributed by atoms with Crippen molar-refractivity contribution in [3.05, 3.63) is 3.92 Å². The van der Waals surface area contributed by atoms with Crippen LogP contribution in [0, 0.1) is 0 Å². The van der Waals surface area contributed by atoms with Crippen LogP contribution in [0.1, 0.15) is 13.8 Å². The van der Waals surface area contributed by atoms with Crippen LogP contribution in [0.4, 0.5) is 5.13 Å². The molecule has 0 saturated heterocycles. The molecule has 1 heterocycles. The predicted octanol–water partition coefficient (Wildman–Crippen LogP) is 1.61. The summed E-state index contributed by atoms with van der Waals surface area (Å²) in [5, 5.41) is 8.55. The minimum Gasteiger partial charge on any atom is -0.342 e. The highest BCUT2D eigenvalue weighted by molar-refractivity contribution is 9.11. The number of carbonyl (C=O) groups is 1. The zero-order chi connectivity index (χ0) is 12.1. The number of likely N-dealkylation sites (N-methyl/N-ethyl adjacent to an activating group) is 2. The van der Waals surface area contributed by atoms with Crippen LogP contribution in [0.5, 0.6) is 0 Å². The summed E-state index contributed by atoms with van der Waals surface area (Å²) < 4.78 is 0.727. The summed E-state index contributed by atoms with van der Waals surface area (Å²) in [6.07, 6.45) is 0. The van der Waals surface area contributed by atoms with Gasteiger partial charge < -0.3 is 9.80 Å². The number of nitrogens with zero attached hydrogens (tertiary/aromatic N) is 4. The third-order valence-corrected chi connectivity index (χ3v) is 3.67. The Kier molecular flexibility index (Phi) is 5.14. The first-order valence-electron chi connectivity index (χ1n) is 5.06. The maximum atomic E-state index is 11.8. The summed E-state index contributed by atoms with van der Waals surface area (Å²) in [5.74, 6) is 0.110. The number of halogens is 1. The minimum absolute atomic E-state index is 0.110. The van der Waals surface area contributed by atoms with Crippen molar-refractivity contribution in [3.8, 4) is 0 Å². The summed E-state index contributed by atoms with van der Waals surface area (Å²) in [6.45, 7) is 5.77. The summed E-state index contributed by atoms with van der Waals surface area (Å²) >= 11 is 4.66. The van der Waals surface area contributed by atoms with Crippen molar-refractivity contribution in [1.29, 1.82) is 0 Å². The van der Waals surface area contributed by atoms with Gasteiger partial charge >= 0.3 is 0 Å². The highest BCUT2D eigenvalue weighted by atomic mass is 79.9. The van der Waals surface area contributed by atoms with Gasteiger partial charge in [-0.1, -0.05) is 11.3 Å². The van der Waals surface area contributed by atoms with Crippen LogP contribution in [0.2, 0.25) is 0 Å². The second-order valence-corrected chi connectivity index (χ2v) is 5.49. The van der Waals surface area contributed by atoms with Gasteiger partial charge in [0.05, 0.1) is 6.54 Å². The lowest BCUT2D eigenvalue weighted by Crippen LogP contribution is -2.38. The Labute approximate surface area is 108 Å². The van der Waals surface area contributed by atoms with E-state index < -0.39 is 0 Å². The van der Waals surface area contributed by atoms with E-state index in [9.17, 15) is 4.79 Å². The van der Waals surface area contributed by atoms with E-state index >= 15 is 0 Å². The van der Waals surface area contributed by atoms with Crippen LogP contribution in [-0.2, 0) is 4.79 Å². The largest absolute Gasteiger partial charge is 0.342 e. The number of anilines is 1. The van der Waals surface area contributed by atoms with Crippen LogP contribution < -0.4 is 4.90 Å². The first kappa shape index (κ1) is 13.4. The molecular weight excluding hydrogens is 292 g/mol. The first-order valence-corrected chi connectivity index (χ1v) is 6.67. The molecule has 0 aliphatic carbocycles. The van der Waals surface area contributed by atoms with Crippen LogP contribution in [0.3, 0.4) is 0 Å². The third-order valence-electron chi connectivity index (χ3n) is 2.20. The molecule has 0 aromatic carbocycles. The van der Waals surface area contributed by atoms with Crippen LogP contribution in [0.15, 0.2) is 3.92 Å². The molecule has 90 valence electrons. The van der Waals surface area contributed by atoms with Gasteiger partial charge in [-0.25, -0.2) is 0 Å². The Balaban J connectivity index is 2.57. The molecule has 0 bridgehead atoms. The normalized spacial score (nSPS) is 10.2. The van der Waals surface area contributed by atoms with Crippen molar-refractivity contribution in [2.24, 2.45) is 0 Å². The summed E-state index contributed by atoms with van der Waals surface area (Å²) in [4.78, 5) is 15.4. The molecule has 1 rings (SSSR count). The Bertz CT molecular complexity index is 353. The molecule has 0 atom stereocenters. The zero-order valence-corrected chi connectivity index (χ0v) is 12.0. The van der Waals surface area contributed by atoms with Crippen molar-refractivity contribution in [2.45, 2.75) is 13.8 Å². The minimum atomic E-state index is 0.110. The maximum absolute atomic E-state index is 11.8. The van der Waals surface area contributed by atoms with Crippen molar-refractivity contribution < 1.29 is 4.79 Å². The van der Waals surface area contributed by atoms with E-state index in [4.69, 9.17) is 0 Å². The van der Waals surface area contributed by atoms with E-state index in [1.807, 2.05) is 25.8 Å². The molecule has 0 fully saturated rings. The predicted molar refractivity (Wildman–Crippen MR) is 68.8 cm³/mol.